The minimum absolute atomic E-state index is 0.198. The molecule has 162 valence electrons. The van der Waals surface area contributed by atoms with E-state index in [1.54, 1.807) is 53.6 Å². The third-order valence-corrected chi connectivity index (χ3v) is 5.46. The Bertz CT molecular complexity index is 1270. The second-order valence-corrected chi connectivity index (χ2v) is 7.51. The van der Waals surface area contributed by atoms with Crippen LogP contribution in [0.1, 0.15) is 16.1 Å². The number of hydrogen-bond donors (Lipinski definition) is 0. The first-order valence-electron chi connectivity index (χ1n) is 10.4. The van der Waals surface area contributed by atoms with Crippen molar-refractivity contribution in [3.05, 3.63) is 94.9 Å². The first-order valence-corrected chi connectivity index (χ1v) is 10.4. The molecule has 0 N–H and O–H groups in total. The zero-order chi connectivity index (χ0) is 21.9. The topological polar surface area (TPSA) is 82.5 Å². The highest BCUT2D eigenvalue weighted by Crippen LogP contribution is 2.29. The van der Waals surface area contributed by atoms with Crippen molar-refractivity contribution in [2.45, 2.75) is 6.54 Å². The average Bonchev–Trinajstić information content (AvgIpc) is 3.51. The van der Waals surface area contributed by atoms with Gasteiger partial charge in [-0.25, -0.2) is 4.68 Å². The summed E-state index contributed by atoms with van der Waals surface area (Å²) < 4.78 is 13.8. The van der Waals surface area contributed by atoms with Gasteiger partial charge in [0, 0.05) is 24.8 Å². The van der Waals surface area contributed by atoms with E-state index in [2.05, 4.69) is 10.00 Å². The molecule has 8 nitrogen and oxygen atoms in total. The molecule has 0 spiro atoms. The molecule has 1 fully saturated rings. The fourth-order valence-electron chi connectivity index (χ4n) is 3.82. The molecule has 32 heavy (non-hydrogen) atoms. The molecule has 1 aromatic carbocycles. The SMILES string of the molecule is O=C(c1ccccc1)n1cc(N2CCOCC2)c(-c2cccn(Cc3ccco3)c2=O)n1. The van der Waals surface area contributed by atoms with E-state index in [9.17, 15) is 9.59 Å². The van der Waals surface area contributed by atoms with Gasteiger partial charge in [-0.3, -0.25) is 9.59 Å². The lowest BCUT2D eigenvalue weighted by Gasteiger charge is -2.28. The molecular weight excluding hydrogens is 408 g/mol. The van der Waals surface area contributed by atoms with Crippen LogP contribution < -0.4 is 10.5 Å². The predicted molar refractivity (Wildman–Crippen MR) is 119 cm³/mol. The number of nitrogens with zero attached hydrogens (tertiary/aromatic N) is 4. The standard InChI is InChI=1S/C24H22N4O4/c29-23(18-6-2-1-3-7-18)28-17-21(26-11-14-31-15-12-26)22(25-28)20-9-4-10-27(24(20)30)16-19-8-5-13-32-19/h1-10,13,17H,11-12,14-16H2. The molecule has 5 rings (SSSR count). The Balaban J connectivity index is 1.59. The largest absolute Gasteiger partial charge is 0.467 e. The average molecular weight is 430 g/mol. The maximum atomic E-state index is 13.3. The summed E-state index contributed by atoms with van der Waals surface area (Å²) in [6, 6.07) is 16.1. The summed E-state index contributed by atoms with van der Waals surface area (Å²) in [5.74, 6) is 0.431. The van der Waals surface area contributed by atoms with Crippen molar-refractivity contribution in [2.24, 2.45) is 0 Å². The summed E-state index contributed by atoms with van der Waals surface area (Å²) >= 11 is 0. The number of benzene rings is 1. The maximum Gasteiger partial charge on any atom is 0.278 e. The van der Waals surface area contributed by atoms with Crippen LogP contribution in [0.4, 0.5) is 5.69 Å². The molecule has 0 aliphatic carbocycles. The van der Waals surface area contributed by atoms with Crippen LogP contribution in [0.15, 0.2) is 82.5 Å². The number of carbonyl (C=O) groups excluding carboxylic acids is 1. The van der Waals surface area contributed by atoms with Crippen molar-refractivity contribution in [1.29, 1.82) is 0 Å². The lowest BCUT2D eigenvalue weighted by atomic mass is 10.1. The van der Waals surface area contributed by atoms with Crippen LogP contribution in [-0.2, 0) is 11.3 Å². The van der Waals surface area contributed by atoms with Crippen molar-refractivity contribution >= 4 is 11.6 Å². The molecule has 4 heterocycles. The monoisotopic (exact) mass is 430 g/mol. The summed E-state index contributed by atoms with van der Waals surface area (Å²) in [6.07, 6.45) is 5.01. The van der Waals surface area contributed by atoms with E-state index in [1.807, 2.05) is 24.3 Å². The van der Waals surface area contributed by atoms with Gasteiger partial charge in [-0.1, -0.05) is 18.2 Å². The van der Waals surface area contributed by atoms with Gasteiger partial charge in [0.2, 0.25) is 0 Å². The quantitative estimate of drug-likeness (QED) is 0.484. The number of ether oxygens (including phenoxy) is 1. The Morgan fingerprint density at radius 3 is 2.56 bits per heavy atom. The number of anilines is 1. The molecule has 4 aromatic rings. The molecule has 1 aliphatic rings. The molecule has 0 bridgehead atoms. The third-order valence-electron chi connectivity index (χ3n) is 5.46. The second-order valence-electron chi connectivity index (χ2n) is 7.51. The predicted octanol–water partition coefficient (Wildman–Crippen LogP) is 2.88. The van der Waals surface area contributed by atoms with Crippen LogP contribution in [0.5, 0.6) is 0 Å². The number of aromatic nitrogens is 3. The number of furan rings is 1. The fraction of sp³-hybridized carbons (Fsp3) is 0.208. The van der Waals surface area contributed by atoms with Gasteiger partial charge in [0.15, 0.2) is 0 Å². The van der Waals surface area contributed by atoms with Crippen LogP contribution in [0.25, 0.3) is 11.3 Å². The Morgan fingerprint density at radius 2 is 1.81 bits per heavy atom. The normalized spacial score (nSPS) is 13.9. The Hall–Kier alpha value is -3.91. The fourth-order valence-corrected chi connectivity index (χ4v) is 3.82. The van der Waals surface area contributed by atoms with Crippen molar-refractivity contribution < 1.29 is 13.9 Å². The number of rotatable bonds is 5. The van der Waals surface area contributed by atoms with E-state index in [1.165, 1.54) is 4.68 Å². The van der Waals surface area contributed by atoms with Crippen molar-refractivity contribution in [3.8, 4) is 11.3 Å². The van der Waals surface area contributed by atoms with E-state index >= 15 is 0 Å². The molecule has 0 saturated carbocycles. The van der Waals surface area contributed by atoms with Gasteiger partial charge in [-0.15, -0.1) is 0 Å². The maximum absolute atomic E-state index is 13.3. The summed E-state index contributed by atoms with van der Waals surface area (Å²) in [5.41, 5.74) is 1.98. The van der Waals surface area contributed by atoms with Gasteiger partial charge in [-0.05, 0) is 36.4 Å². The van der Waals surface area contributed by atoms with E-state index in [-0.39, 0.29) is 11.5 Å². The van der Waals surface area contributed by atoms with Crippen LogP contribution in [0, 0.1) is 0 Å². The van der Waals surface area contributed by atoms with Crippen molar-refractivity contribution in [1.82, 2.24) is 14.3 Å². The molecule has 0 unspecified atom stereocenters. The van der Waals surface area contributed by atoms with Crippen LogP contribution >= 0.6 is 0 Å². The molecule has 1 aliphatic heterocycles. The van der Waals surface area contributed by atoms with Gasteiger partial charge < -0.3 is 18.6 Å². The molecule has 0 radical (unpaired) electrons. The first-order chi connectivity index (χ1) is 15.7. The van der Waals surface area contributed by atoms with Crippen molar-refractivity contribution in [2.75, 3.05) is 31.2 Å². The first kappa shape index (κ1) is 20.0. The number of morpholine rings is 1. The minimum atomic E-state index is -0.252. The summed E-state index contributed by atoms with van der Waals surface area (Å²) in [5, 5.41) is 4.58. The van der Waals surface area contributed by atoms with E-state index in [0.29, 0.717) is 55.4 Å². The molecule has 0 amide bonds. The smallest absolute Gasteiger partial charge is 0.278 e. The lowest BCUT2D eigenvalue weighted by Crippen LogP contribution is -2.36. The van der Waals surface area contributed by atoms with Gasteiger partial charge in [0.25, 0.3) is 11.5 Å². The zero-order valence-electron chi connectivity index (χ0n) is 17.4. The van der Waals surface area contributed by atoms with E-state index in [4.69, 9.17) is 9.15 Å². The van der Waals surface area contributed by atoms with Crippen molar-refractivity contribution in [3.63, 3.8) is 0 Å². The van der Waals surface area contributed by atoms with Gasteiger partial charge in [-0.2, -0.15) is 5.10 Å². The number of hydrogen-bond acceptors (Lipinski definition) is 6. The zero-order valence-corrected chi connectivity index (χ0v) is 17.4. The number of carbonyl (C=O) groups is 1. The van der Waals surface area contributed by atoms with Crippen LogP contribution in [-0.4, -0.2) is 46.6 Å². The Morgan fingerprint density at radius 1 is 1.00 bits per heavy atom. The summed E-state index contributed by atoms with van der Waals surface area (Å²) in [7, 11) is 0. The summed E-state index contributed by atoms with van der Waals surface area (Å²) in [4.78, 5) is 28.5. The second kappa shape index (κ2) is 8.68. The van der Waals surface area contributed by atoms with Gasteiger partial charge in [0.1, 0.15) is 11.5 Å². The van der Waals surface area contributed by atoms with Gasteiger partial charge >= 0.3 is 0 Å². The molecule has 8 heteroatoms. The molecule has 0 atom stereocenters. The number of pyridine rings is 1. The Labute approximate surface area is 184 Å². The highest BCUT2D eigenvalue weighted by atomic mass is 16.5. The minimum Gasteiger partial charge on any atom is -0.467 e. The van der Waals surface area contributed by atoms with Crippen LogP contribution in [0.3, 0.4) is 0 Å². The molecule has 3 aromatic heterocycles. The lowest BCUT2D eigenvalue weighted by molar-refractivity contribution is 0.0945. The third kappa shape index (κ3) is 3.88. The Kier molecular flexibility index (Phi) is 5.43. The van der Waals surface area contributed by atoms with Crippen LogP contribution in [0.2, 0.25) is 0 Å². The highest BCUT2D eigenvalue weighted by Gasteiger charge is 2.24. The van der Waals surface area contributed by atoms with E-state index < -0.39 is 0 Å². The van der Waals surface area contributed by atoms with Gasteiger partial charge in [0.05, 0.1) is 43.5 Å². The molecule has 1 saturated heterocycles. The van der Waals surface area contributed by atoms with E-state index in [0.717, 1.165) is 5.69 Å². The molecular formula is C24H22N4O4. The highest BCUT2D eigenvalue weighted by molar-refractivity contribution is 5.96. The summed E-state index contributed by atoms with van der Waals surface area (Å²) in [6.45, 7) is 2.79.